The summed E-state index contributed by atoms with van der Waals surface area (Å²) >= 11 is 0. The summed E-state index contributed by atoms with van der Waals surface area (Å²) in [5, 5.41) is 1.09. The molecule has 0 bridgehead atoms. The largest absolute Gasteiger partial charge is 0.494 e. The zero-order valence-corrected chi connectivity index (χ0v) is 9.45. The number of hydrogen-bond donors (Lipinski definition) is 2. The van der Waals surface area contributed by atoms with Gasteiger partial charge >= 0.3 is 0 Å². The van der Waals surface area contributed by atoms with Crippen LogP contribution in [-0.4, -0.2) is 11.6 Å². The molecular weight excluding hydrogens is 202 g/mol. The first-order chi connectivity index (χ1) is 7.74. The van der Waals surface area contributed by atoms with Crippen molar-refractivity contribution in [3.63, 3.8) is 0 Å². The van der Waals surface area contributed by atoms with Crippen LogP contribution >= 0.6 is 0 Å². The van der Waals surface area contributed by atoms with Gasteiger partial charge in [-0.25, -0.2) is 10.8 Å². The summed E-state index contributed by atoms with van der Waals surface area (Å²) in [5.41, 5.74) is 4.60. The summed E-state index contributed by atoms with van der Waals surface area (Å²) in [6.07, 6.45) is 0. The summed E-state index contributed by atoms with van der Waals surface area (Å²) in [6.45, 7) is 4.66. The maximum absolute atomic E-state index is 5.46. The van der Waals surface area contributed by atoms with Gasteiger partial charge in [0.1, 0.15) is 11.6 Å². The molecule has 3 N–H and O–H groups in total. The van der Waals surface area contributed by atoms with Crippen LogP contribution in [-0.2, 0) is 0 Å². The molecule has 0 radical (unpaired) electrons. The molecule has 0 unspecified atom stereocenters. The Bertz CT molecular complexity index is 511. The van der Waals surface area contributed by atoms with Crippen LogP contribution in [0.3, 0.4) is 0 Å². The van der Waals surface area contributed by atoms with E-state index in [4.69, 9.17) is 10.6 Å². The van der Waals surface area contributed by atoms with E-state index in [1.165, 1.54) is 0 Å². The minimum atomic E-state index is 0.667. The van der Waals surface area contributed by atoms with Gasteiger partial charge < -0.3 is 10.2 Å². The minimum Gasteiger partial charge on any atom is -0.494 e. The maximum Gasteiger partial charge on any atom is 0.140 e. The zero-order chi connectivity index (χ0) is 11.5. The molecule has 0 spiro atoms. The first-order valence-corrected chi connectivity index (χ1v) is 5.25. The Kier molecular flexibility index (Phi) is 2.92. The van der Waals surface area contributed by atoms with Crippen molar-refractivity contribution in [3.8, 4) is 5.75 Å². The van der Waals surface area contributed by atoms with Crippen molar-refractivity contribution in [2.24, 2.45) is 5.84 Å². The number of fused-ring (bicyclic) bond motifs is 1. The molecule has 4 heteroatoms. The van der Waals surface area contributed by atoms with Crippen LogP contribution in [0.4, 0.5) is 5.82 Å². The van der Waals surface area contributed by atoms with E-state index in [1.807, 2.05) is 38.1 Å². The van der Waals surface area contributed by atoms with Gasteiger partial charge in [0, 0.05) is 5.39 Å². The van der Waals surface area contributed by atoms with Gasteiger partial charge in [0.25, 0.3) is 0 Å². The number of nitrogens with two attached hydrogens (primary N) is 1. The highest BCUT2D eigenvalue weighted by molar-refractivity contribution is 5.85. The maximum atomic E-state index is 5.46. The summed E-state index contributed by atoms with van der Waals surface area (Å²) < 4.78 is 5.46. The average molecular weight is 217 g/mol. The van der Waals surface area contributed by atoms with Crippen molar-refractivity contribution in [2.75, 3.05) is 12.0 Å². The number of hydrogen-bond acceptors (Lipinski definition) is 4. The number of hydrazine groups is 1. The highest BCUT2D eigenvalue weighted by atomic mass is 16.5. The lowest BCUT2D eigenvalue weighted by Crippen LogP contribution is -2.08. The number of nitrogen functional groups attached to an aromatic ring is 1. The molecule has 2 rings (SSSR count). The predicted molar refractivity (Wildman–Crippen MR) is 65.5 cm³/mol. The second kappa shape index (κ2) is 4.37. The third-order valence-electron chi connectivity index (χ3n) is 2.45. The highest BCUT2D eigenvalue weighted by Crippen LogP contribution is 2.24. The van der Waals surface area contributed by atoms with Crippen LogP contribution in [0.25, 0.3) is 10.9 Å². The molecule has 4 nitrogen and oxygen atoms in total. The van der Waals surface area contributed by atoms with Gasteiger partial charge in [0.2, 0.25) is 0 Å². The molecule has 0 fully saturated rings. The number of rotatable bonds is 3. The van der Waals surface area contributed by atoms with Crippen LogP contribution in [0, 0.1) is 6.92 Å². The normalized spacial score (nSPS) is 10.4. The topological polar surface area (TPSA) is 60.2 Å². The van der Waals surface area contributed by atoms with Crippen LogP contribution < -0.4 is 16.0 Å². The molecule has 0 aliphatic carbocycles. The van der Waals surface area contributed by atoms with E-state index in [1.54, 1.807) is 0 Å². The van der Waals surface area contributed by atoms with Crippen LogP contribution in [0.2, 0.25) is 0 Å². The highest BCUT2D eigenvalue weighted by Gasteiger charge is 2.03. The monoisotopic (exact) mass is 217 g/mol. The quantitative estimate of drug-likeness (QED) is 0.611. The lowest BCUT2D eigenvalue weighted by Gasteiger charge is -2.08. The minimum absolute atomic E-state index is 0.667. The number of aromatic nitrogens is 1. The van der Waals surface area contributed by atoms with E-state index >= 15 is 0 Å². The molecule has 0 saturated carbocycles. The second-order valence-corrected chi connectivity index (χ2v) is 3.58. The van der Waals surface area contributed by atoms with Crippen LogP contribution in [0.15, 0.2) is 24.3 Å². The fourth-order valence-corrected chi connectivity index (χ4v) is 1.70. The molecule has 0 saturated heterocycles. The van der Waals surface area contributed by atoms with Gasteiger partial charge in [-0.05, 0) is 43.7 Å². The summed E-state index contributed by atoms with van der Waals surface area (Å²) in [7, 11) is 0. The third-order valence-corrected chi connectivity index (χ3v) is 2.45. The fraction of sp³-hybridized carbons (Fsp3) is 0.250. The molecule has 1 heterocycles. The lowest BCUT2D eigenvalue weighted by molar-refractivity contribution is 0.340. The first-order valence-electron chi connectivity index (χ1n) is 5.25. The molecule has 0 aliphatic rings. The Morgan fingerprint density at radius 1 is 1.38 bits per heavy atom. The van der Waals surface area contributed by atoms with E-state index in [2.05, 4.69) is 10.4 Å². The van der Waals surface area contributed by atoms with Crippen molar-refractivity contribution >= 4 is 16.7 Å². The Morgan fingerprint density at radius 3 is 2.88 bits per heavy atom. The average Bonchev–Trinajstić information content (AvgIpc) is 2.30. The van der Waals surface area contributed by atoms with Crippen molar-refractivity contribution < 1.29 is 4.74 Å². The third kappa shape index (κ3) is 1.92. The van der Waals surface area contributed by atoms with Crippen molar-refractivity contribution in [2.45, 2.75) is 13.8 Å². The van der Waals surface area contributed by atoms with Gasteiger partial charge in [-0.1, -0.05) is 0 Å². The van der Waals surface area contributed by atoms with Crippen LogP contribution in [0.5, 0.6) is 5.75 Å². The number of benzene rings is 1. The van der Waals surface area contributed by atoms with Gasteiger partial charge in [-0.3, -0.25) is 0 Å². The van der Waals surface area contributed by atoms with E-state index in [9.17, 15) is 0 Å². The molecule has 0 amide bonds. The molecule has 84 valence electrons. The first kappa shape index (κ1) is 10.7. The van der Waals surface area contributed by atoms with E-state index in [0.717, 1.165) is 22.2 Å². The Labute approximate surface area is 94.4 Å². The second-order valence-electron chi connectivity index (χ2n) is 3.58. The molecule has 0 atom stereocenters. The van der Waals surface area contributed by atoms with E-state index < -0.39 is 0 Å². The standard InChI is InChI=1S/C12H15N3O/c1-3-16-9-4-5-11-10(7-9)8(2)6-12(14-11)15-13/h4-7H,3,13H2,1-2H3,(H,14,15). The summed E-state index contributed by atoms with van der Waals surface area (Å²) in [5.74, 6) is 6.89. The summed E-state index contributed by atoms with van der Waals surface area (Å²) in [6, 6.07) is 7.77. The number of pyridine rings is 1. The Morgan fingerprint density at radius 2 is 2.19 bits per heavy atom. The number of aryl methyl sites for hydroxylation is 1. The van der Waals surface area contributed by atoms with Crippen molar-refractivity contribution in [1.29, 1.82) is 0 Å². The molecule has 1 aromatic carbocycles. The SMILES string of the molecule is CCOc1ccc2nc(NN)cc(C)c2c1. The summed E-state index contributed by atoms with van der Waals surface area (Å²) in [4.78, 5) is 4.36. The van der Waals surface area contributed by atoms with Gasteiger partial charge in [-0.15, -0.1) is 0 Å². The number of nitrogens with zero attached hydrogens (tertiary/aromatic N) is 1. The molecule has 2 aromatic rings. The smallest absolute Gasteiger partial charge is 0.140 e. The van der Waals surface area contributed by atoms with Crippen molar-refractivity contribution in [1.82, 2.24) is 4.98 Å². The van der Waals surface area contributed by atoms with Crippen LogP contribution in [0.1, 0.15) is 12.5 Å². The molecule has 0 aliphatic heterocycles. The van der Waals surface area contributed by atoms with Gasteiger partial charge in [0.05, 0.1) is 12.1 Å². The Balaban J connectivity index is 2.56. The lowest BCUT2D eigenvalue weighted by atomic mass is 10.1. The molecule has 16 heavy (non-hydrogen) atoms. The predicted octanol–water partition coefficient (Wildman–Crippen LogP) is 2.23. The van der Waals surface area contributed by atoms with Crippen molar-refractivity contribution in [3.05, 3.63) is 29.8 Å². The fourth-order valence-electron chi connectivity index (χ4n) is 1.70. The van der Waals surface area contributed by atoms with E-state index in [0.29, 0.717) is 12.4 Å². The number of ether oxygens (including phenoxy) is 1. The van der Waals surface area contributed by atoms with Gasteiger partial charge in [0.15, 0.2) is 0 Å². The molecular formula is C12H15N3O. The van der Waals surface area contributed by atoms with E-state index in [-0.39, 0.29) is 0 Å². The molecule has 1 aromatic heterocycles. The number of anilines is 1. The zero-order valence-electron chi connectivity index (χ0n) is 9.45. The van der Waals surface area contributed by atoms with Gasteiger partial charge in [-0.2, -0.15) is 0 Å². The Hall–Kier alpha value is -1.81. The number of nitrogens with one attached hydrogen (secondary N) is 1.